The summed E-state index contributed by atoms with van der Waals surface area (Å²) < 4.78 is 11.9. The Morgan fingerprint density at radius 1 is 1.26 bits per heavy atom. The maximum Gasteiger partial charge on any atom is 0.183 e. The van der Waals surface area contributed by atoms with Crippen LogP contribution in [0.2, 0.25) is 0 Å². The molecule has 1 aliphatic carbocycles. The number of thioether (sulfide) groups is 1. The lowest BCUT2D eigenvalue weighted by Crippen LogP contribution is -2.61. The summed E-state index contributed by atoms with van der Waals surface area (Å²) in [5, 5.41) is 40.5. The summed E-state index contributed by atoms with van der Waals surface area (Å²) in [5.74, 6) is 0.595. The van der Waals surface area contributed by atoms with Crippen molar-refractivity contribution in [3.05, 3.63) is 29.5 Å². The third-order valence-corrected chi connectivity index (χ3v) is 8.17. The van der Waals surface area contributed by atoms with Crippen LogP contribution in [0.25, 0.3) is 0 Å². The summed E-state index contributed by atoms with van der Waals surface area (Å²) >= 11 is 1.53. The molecule has 7 unspecified atom stereocenters. The van der Waals surface area contributed by atoms with E-state index in [4.69, 9.17) is 15.2 Å². The van der Waals surface area contributed by atoms with E-state index in [9.17, 15) is 20.4 Å². The van der Waals surface area contributed by atoms with Crippen LogP contribution in [0.15, 0.2) is 34.5 Å². The highest BCUT2D eigenvalue weighted by atomic mass is 32.2. The number of aliphatic hydroxyl groups excluding tert-OH is 3. The SMILES string of the molecule is CC(N)CC1=CC=C(COC(C)(C)CC(C)(C)CCSC2OC3(O)C(CO)C(O)C(O)C23)C=C=N1. The second kappa shape index (κ2) is 11.2. The van der Waals surface area contributed by atoms with Crippen LogP contribution in [0.5, 0.6) is 0 Å². The second-order valence-corrected chi connectivity index (χ2v) is 12.7. The molecular weight excluding hydrogens is 468 g/mol. The molecule has 3 aliphatic rings. The smallest absolute Gasteiger partial charge is 0.183 e. The minimum atomic E-state index is -1.65. The number of hydrogen-bond acceptors (Lipinski definition) is 9. The van der Waals surface area contributed by atoms with Gasteiger partial charge in [-0.25, -0.2) is 4.99 Å². The molecule has 6 N–H and O–H groups in total. The standard InChI is InChI=1S/C26H42N2O6S/c1-16(27)12-18-7-6-17(8-10-28-18)14-33-25(4,5)15-24(2,3)9-11-35-23-20-22(31)21(30)19(13-29)26(20,32)34-23/h6-8,16,19-23,29-32H,9,11-15,27H2,1-5H3. The Morgan fingerprint density at radius 2 is 1.97 bits per heavy atom. The molecule has 7 atom stereocenters. The zero-order chi connectivity index (χ0) is 26.0. The topological polar surface area (TPSA) is 138 Å². The molecule has 0 amide bonds. The van der Waals surface area contributed by atoms with Gasteiger partial charge >= 0.3 is 0 Å². The van der Waals surface area contributed by atoms with Crippen molar-refractivity contribution in [1.29, 1.82) is 0 Å². The van der Waals surface area contributed by atoms with Gasteiger partial charge in [0.15, 0.2) is 5.79 Å². The van der Waals surface area contributed by atoms with E-state index in [1.807, 2.05) is 25.2 Å². The summed E-state index contributed by atoms with van der Waals surface area (Å²) in [6.07, 6.45) is 5.96. The molecule has 9 heteroatoms. The van der Waals surface area contributed by atoms with Crippen molar-refractivity contribution in [3.8, 4) is 0 Å². The van der Waals surface area contributed by atoms with Crippen LogP contribution in [0, 0.1) is 17.3 Å². The molecule has 0 aromatic carbocycles. The molecule has 0 aromatic rings. The molecule has 3 rings (SSSR count). The molecule has 0 spiro atoms. The molecule has 8 nitrogen and oxygen atoms in total. The summed E-state index contributed by atoms with van der Waals surface area (Å²) in [5.41, 5.74) is 7.00. The van der Waals surface area contributed by atoms with Gasteiger partial charge in [-0.3, -0.25) is 0 Å². The third kappa shape index (κ3) is 6.86. The van der Waals surface area contributed by atoms with Gasteiger partial charge in [-0.2, -0.15) is 0 Å². The minimum Gasteiger partial charge on any atom is -0.396 e. The van der Waals surface area contributed by atoms with Crippen molar-refractivity contribution in [2.45, 2.75) is 89.0 Å². The van der Waals surface area contributed by atoms with Gasteiger partial charge in [0, 0.05) is 18.5 Å². The number of nitrogens with zero attached hydrogens (tertiary/aromatic N) is 1. The zero-order valence-electron chi connectivity index (χ0n) is 21.5. The minimum absolute atomic E-state index is 0.0164. The Morgan fingerprint density at radius 3 is 2.63 bits per heavy atom. The quantitative estimate of drug-likeness (QED) is 0.269. The summed E-state index contributed by atoms with van der Waals surface area (Å²) in [6, 6.07) is 0.0478. The lowest BCUT2D eigenvalue weighted by molar-refractivity contribution is -0.355. The van der Waals surface area contributed by atoms with Gasteiger partial charge < -0.3 is 35.6 Å². The average Bonchev–Trinajstić information content (AvgIpc) is 2.88. The van der Waals surface area contributed by atoms with Crippen LogP contribution in [0.1, 0.15) is 53.9 Å². The lowest BCUT2D eigenvalue weighted by Gasteiger charge is -2.49. The summed E-state index contributed by atoms with van der Waals surface area (Å²) in [7, 11) is 0. The van der Waals surface area contributed by atoms with Gasteiger partial charge in [0.05, 0.1) is 48.6 Å². The molecule has 198 valence electrons. The summed E-state index contributed by atoms with van der Waals surface area (Å²) in [4.78, 5) is 4.32. The van der Waals surface area contributed by atoms with Crippen LogP contribution < -0.4 is 5.73 Å². The molecule has 2 aliphatic heterocycles. The third-order valence-electron chi connectivity index (χ3n) is 7.01. The molecule has 0 bridgehead atoms. The highest BCUT2D eigenvalue weighted by molar-refractivity contribution is 7.99. The molecular formula is C26H42N2O6S. The van der Waals surface area contributed by atoms with E-state index in [1.54, 1.807) is 0 Å². The number of nitrogens with two attached hydrogens (primary N) is 1. The van der Waals surface area contributed by atoms with Crippen molar-refractivity contribution < 1.29 is 29.9 Å². The normalized spacial score (nSPS) is 33.6. The first kappa shape index (κ1) is 28.6. The van der Waals surface area contributed by atoms with Crippen LogP contribution in [-0.2, 0) is 9.47 Å². The molecule has 2 heterocycles. The van der Waals surface area contributed by atoms with E-state index in [0.717, 1.165) is 29.9 Å². The Balaban J connectivity index is 1.45. The molecule has 0 aromatic heterocycles. The number of allylic oxidation sites excluding steroid dienone is 2. The first-order valence-electron chi connectivity index (χ1n) is 12.4. The predicted octanol–water partition coefficient (Wildman–Crippen LogP) is 2.11. The number of hydrogen-bond donors (Lipinski definition) is 5. The van der Waals surface area contributed by atoms with E-state index in [-0.39, 0.29) is 17.1 Å². The van der Waals surface area contributed by atoms with E-state index < -0.39 is 41.9 Å². The lowest BCUT2D eigenvalue weighted by atomic mass is 9.79. The Bertz CT molecular complexity index is 879. The molecule has 2 fully saturated rings. The van der Waals surface area contributed by atoms with Gasteiger partial charge in [0.25, 0.3) is 0 Å². The van der Waals surface area contributed by atoms with Crippen LogP contribution in [0.4, 0.5) is 0 Å². The van der Waals surface area contributed by atoms with Crippen LogP contribution in [0.3, 0.4) is 0 Å². The number of fused-ring (bicyclic) bond motifs is 1. The Kier molecular flexibility index (Phi) is 9.12. The van der Waals surface area contributed by atoms with Crippen LogP contribution >= 0.6 is 11.8 Å². The first-order chi connectivity index (χ1) is 16.3. The average molecular weight is 511 g/mol. The molecule has 0 radical (unpaired) electrons. The fourth-order valence-corrected chi connectivity index (χ4v) is 7.00. The van der Waals surface area contributed by atoms with Gasteiger partial charge in [-0.05, 0) is 62.3 Å². The summed E-state index contributed by atoms with van der Waals surface area (Å²) in [6.45, 7) is 10.6. The maximum atomic E-state index is 10.6. The highest BCUT2D eigenvalue weighted by Crippen LogP contribution is 2.56. The van der Waals surface area contributed by atoms with Crippen molar-refractivity contribution in [2.75, 3.05) is 19.0 Å². The van der Waals surface area contributed by atoms with E-state index >= 15 is 0 Å². The first-order valence-corrected chi connectivity index (χ1v) is 13.4. The number of aliphatic imine (C=N–C) groups is 1. The van der Waals surface area contributed by atoms with Crippen LogP contribution in [-0.4, -0.2) is 80.3 Å². The Hall–Kier alpha value is -1.00. The zero-order valence-corrected chi connectivity index (χ0v) is 22.3. The van der Waals surface area contributed by atoms with Gasteiger partial charge in [-0.1, -0.05) is 19.9 Å². The van der Waals surface area contributed by atoms with E-state index in [1.165, 1.54) is 11.8 Å². The highest BCUT2D eigenvalue weighted by Gasteiger charge is 2.70. The largest absolute Gasteiger partial charge is 0.396 e. The van der Waals surface area contributed by atoms with Crippen molar-refractivity contribution in [2.24, 2.45) is 28.0 Å². The monoisotopic (exact) mass is 510 g/mol. The van der Waals surface area contributed by atoms with Crippen molar-refractivity contribution >= 4 is 17.6 Å². The van der Waals surface area contributed by atoms with Gasteiger partial charge in [-0.15, -0.1) is 11.8 Å². The van der Waals surface area contributed by atoms with E-state index in [0.29, 0.717) is 13.0 Å². The van der Waals surface area contributed by atoms with Crippen molar-refractivity contribution in [3.63, 3.8) is 0 Å². The van der Waals surface area contributed by atoms with Gasteiger partial charge in [0.1, 0.15) is 5.44 Å². The fraction of sp³-hybridized carbons (Fsp3) is 0.769. The fourth-order valence-electron chi connectivity index (χ4n) is 5.31. The number of aliphatic hydroxyl groups is 4. The molecule has 1 saturated carbocycles. The Labute approximate surface area is 213 Å². The van der Waals surface area contributed by atoms with Crippen molar-refractivity contribution in [1.82, 2.24) is 0 Å². The number of ether oxygens (including phenoxy) is 2. The predicted molar refractivity (Wildman–Crippen MR) is 138 cm³/mol. The van der Waals surface area contributed by atoms with E-state index in [2.05, 4.69) is 38.6 Å². The molecule has 35 heavy (non-hydrogen) atoms. The maximum absolute atomic E-state index is 10.6. The number of rotatable bonds is 12. The van der Waals surface area contributed by atoms with Gasteiger partial charge in [0.2, 0.25) is 0 Å². The molecule has 1 saturated heterocycles. The second-order valence-electron chi connectivity index (χ2n) is 11.5.